The number of anilines is 1. The Labute approximate surface area is 134 Å². The van der Waals surface area contributed by atoms with Crippen LogP contribution >= 0.6 is 0 Å². The fourth-order valence-electron chi connectivity index (χ4n) is 3.03. The van der Waals surface area contributed by atoms with Crippen LogP contribution in [0.2, 0.25) is 0 Å². The van der Waals surface area contributed by atoms with E-state index in [-0.39, 0.29) is 24.4 Å². The Morgan fingerprint density at radius 1 is 1.22 bits per heavy atom. The van der Waals surface area contributed by atoms with Crippen molar-refractivity contribution < 1.29 is 19.4 Å². The van der Waals surface area contributed by atoms with Crippen molar-refractivity contribution in [2.45, 2.75) is 12.7 Å². The summed E-state index contributed by atoms with van der Waals surface area (Å²) in [6.07, 6.45) is -0.377. The van der Waals surface area contributed by atoms with Crippen molar-refractivity contribution >= 4 is 11.6 Å². The highest BCUT2D eigenvalue weighted by molar-refractivity contribution is 5.79. The van der Waals surface area contributed by atoms with Crippen LogP contribution in [0, 0.1) is 5.82 Å². The number of aliphatic hydroxyl groups is 2. The molecule has 0 bridgehead atoms. The quantitative estimate of drug-likeness (QED) is 0.792. The minimum Gasteiger partial charge on any atom is -0.392 e. The van der Waals surface area contributed by atoms with Crippen molar-refractivity contribution in [3.63, 3.8) is 0 Å². The Hall–Kier alpha value is -1.70. The molecule has 126 valence electrons. The SMILES string of the molecule is O=C(CN1CCN(c2cccc(CO)c2F)CC1)N1CC(O)C1. The molecule has 0 radical (unpaired) electrons. The Balaban J connectivity index is 1.53. The van der Waals surface area contributed by atoms with Crippen LogP contribution in [-0.4, -0.2) is 77.8 Å². The van der Waals surface area contributed by atoms with E-state index in [1.807, 2.05) is 4.90 Å². The van der Waals surface area contributed by atoms with Crippen LogP contribution in [-0.2, 0) is 11.4 Å². The molecule has 2 N–H and O–H groups in total. The first-order valence-electron chi connectivity index (χ1n) is 7.90. The van der Waals surface area contributed by atoms with Crippen LogP contribution in [0.1, 0.15) is 5.56 Å². The predicted molar refractivity (Wildman–Crippen MR) is 83.6 cm³/mol. The summed E-state index contributed by atoms with van der Waals surface area (Å²) in [5.74, 6) is -0.327. The lowest BCUT2D eigenvalue weighted by atomic mass is 10.1. The summed E-state index contributed by atoms with van der Waals surface area (Å²) in [6, 6.07) is 5.04. The third-order valence-electron chi connectivity index (χ3n) is 4.52. The molecule has 2 saturated heterocycles. The average molecular weight is 323 g/mol. The fraction of sp³-hybridized carbons (Fsp3) is 0.562. The molecule has 3 rings (SSSR count). The van der Waals surface area contributed by atoms with Gasteiger partial charge >= 0.3 is 0 Å². The summed E-state index contributed by atoms with van der Waals surface area (Å²) in [4.78, 5) is 17.7. The second kappa shape index (κ2) is 6.82. The molecule has 1 aromatic rings. The topological polar surface area (TPSA) is 67.2 Å². The maximum Gasteiger partial charge on any atom is 0.236 e. The van der Waals surface area contributed by atoms with Gasteiger partial charge in [-0.1, -0.05) is 12.1 Å². The van der Waals surface area contributed by atoms with Gasteiger partial charge in [-0.2, -0.15) is 0 Å². The zero-order chi connectivity index (χ0) is 16.4. The van der Waals surface area contributed by atoms with Crippen molar-refractivity contribution in [3.8, 4) is 0 Å². The van der Waals surface area contributed by atoms with Crippen molar-refractivity contribution in [2.24, 2.45) is 0 Å². The number of likely N-dealkylation sites (tertiary alicyclic amines) is 1. The lowest BCUT2D eigenvalue weighted by Crippen LogP contribution is -2.57. The molecule has 2 aliphatic heterocycles. The maximum absolute atomic E-state index is 14.3. The molecule has 0 spiro atoms. The number of halogens is 1. The second-order valence-corrected chi connectivity index (χ2v) is 6.12. The number of carbonyl (C=O) groups is 1. The predicted octanol–water partition coefficient (Wildman–Crippen LogP) is -0.357. The van der Waals surface area contributed by atoms with Crippen LogP contribution < -0.4 is 4.90 Å². The van der Waals surface area contributed by atoms with Gasteiger partial charge in [0.25, 0.3) is 0 Å². The summed E-state index contributed by atoms with van der Waals surface area (Å²) in [7, 11) is 0. The first kappa shape index (κ1) is 16.2. The van der Waals surface area contributed by atoms with E-state index in [4.69, 9.17) is 5.11 Å². The molecule has 1 amide bonds. The third kappa shape index (κ3) is 3.46. The van der Waals surface area contributed by atoms with E-state index in [2.05, 4.69) is 4.90 Å². The zero-order valence-corrected chi connectivity index (χ0v) is 13.0. The summed E-state index contributed by atoms with van der Waals surface area (Å²) < 4.78 is 14.3. The van der Waals surface area contributed by atoms with Crippen LogP contribution in [0.15, 0.2) is 18.2 Å². The molecule has 2 heterocycles. The number of nitrogens with zero attached hydrogens (tertiary/aromatic N) is 3. The Morgan fingerprint density at radius 3 is 2.52 bits per heavy atom. The number of hydrogen-bond acceptors (Lipinski definition) is 5. The molecule has 6 nitrogen and oxygen atoms in total. The van der Waals surface area contributed by atoms with Crippen LogP contribution in [0.5, 0.6) is 0 Å². The molecular formula is C16H22FN3O3. The maximum atomic E-state index is 14.3. The number of aliphatic hydroxyl groups excluding tert-OH is 2. The number of hydrogen-bond donors (Lipinski definition) is 2. The van der Waals surface area contributed by atoms with Gasteiger partial charge in [-0.3, -0.25) is 9.69 Å². The number of β-amino-alcohol motifs (C(OH)–C–C–N with tert-alkyl or cyclic N) is 1. The highest BCUT2D eigenvalue weighted by Crippen LogP contribution is 2.23. The largest absolute Gasteiger partial charge is 0.392 e. The Morgan fingerprint density at radius 2 is 1.91 bits per heavy atom. The number of carbonyl (C=O) groups excluding carboxylic acids is 1. The van der Waals surface area contributed by atoms with Gasteiger partial charge in [-0.25, -0.2) is 4.39 Å². The highest BCUT2D eigenvalue weighted by Gasteiger charge is 2.30. The van der Waals surface area contributed by atoms with Gasteiger partial charge in [0.1, 0.15) is 0 Å². The van der Waals surface area contributed by atoms with E-state index in [9.17, 15) is 14.3 Å². The van der Waals surface area contributed by atoms with Gasteiger partial charge in [-0.05, 0) is 6.07 Å². The van der Waals surface area contributed by atoms with Crippen LogP contribution in [0.4, 0.5) is 10.1 Å². The highest BCUT2D eigenvalue weighted by atomic mass is 19.1. The summed E-state index contributed by atoms with van der Waals surface area (Å²) in [6.45, 7) is 3.55. The standard InChI is InChI=1S/C16H22FN3O3/c17-16-12(11-21)2-1-3-14(16)19-6-4-18(5-7-19)10-15(23)20-8-13(22)9-20/h1-3,13,21-22H,4-11H2. The summed E-state index contributed by atoms with van der Waals surface area (Å²) in [5.41, 5.74) is 0.810. The van der Waals surface area contributed by atoms with Gasteiger partial charge in [0.05, 0.1) is 24.9 Å². The van der Waals surface area contributed by atoms with E-state index in [1.165, 1.54) is 0 Å². The third-order valence-corrected chi connectivity index (χ3v) is 4.52. The first-order valence-corrected chi connectivity index (χ1v) is 7.90. The molecule has 0 unspecified atom stereocenters. The molecule has 0 saturated carbocycles. The van der Waals surface area contributed by atoms with E-state index in [0.717, 1.165) is 0 Å². The molecule has 2 fully saturated rings. The average Bonchev–Trinajstić information content (AvgIpc) is 2.53. The van der Waals surface area contributed by atoms with Gasteiger partial charge < -0.3 is 20.0 Å². The lowest BCUT2D eigenvalue weighted by molar-refractivity contribution is -0.142. The van der Waals surface area contributed by atoms with Gasteiger partial charge in [0.15, 0.2) is 5.82 Å². The van der Waals surface area contributed by atoms with E-state index in [0.29, 0.717) is 57.1 Å². The molecule has 23 heavy (non-hydrogen) atoms. The molecule has 0 atom stereocenters. The second-order valence-electron chi connectivity index (χ2n) is 6.12. The van der Waals surface area contributed by atoms with Crippen molar-refractivity contribution in [1.29, 1.82) is 0 Å². The Bertz CT molecular complexity index is 570. The minimum atomic E-state index is -0.377. The fourth-order valence-corrected chi connectivity index (χ4v) is 3.03. The minimum absolute atomic E-state index is 0.0391. The van der Waals surface area contributed by atoms with Crippen LogP contribution in [0.3, 0.4) is 0 Å². The molecule has 0 aromatic heterocycles. The van der Waals surface area contributed by atoms with E-state index < -0.39 is 0 Å². The van der Waals surface area contributed by atoms with Gasteiger partial charge in [0, 0.05) is 44.8 Å². The van der Waals surface area contributed by atoms with E-state index in [1.54, 1.807) is 23.1 Å². The van der Waals surface area contributed by atoms with Gasteiger partial charge in [-0.15, -0.1) is 0 Å². The lowest BCUT2D eigenvalue weighted by Gasteiger charge is -2.39. The number of benzene rings is 1. The van der Waals surface area contributed by atoms with Crippen LogP contribution in [0.25, 0.3) is 0 Å². The molecule has 2 aliphatic rings. The van der Waals surface area contributed by atoms with Crippen molar-refractivity contribution in [2.75, 3.05) is 50.7 Å². The van der Waals surface area contributed by atoms with Crippen molar-refractivity contribution in [3.05, 3.63) is 29.6 Å². The monoisotopic (exact) mass is 323 g/mol. The normalized spacial score (nSPS) is 19.8. The van der Waals surface area contributed by atoms with Crippen molar-refractivity contribution in [1.82, 2.24) is 9.80 Å². The Kier molecular flexibility index (Phi) is 4.79. The summed E-state index contributed by atoms with van der Waals surface area (Å²) in [5, 5.41) is 18.4. The molecule has 1 aromatic carbocycles. The molecular weight excluding hydrogens is 301 g/mol. The smallest absolute Gasteiger partial charge is 0.236 e. The van der Waals surface area contributed by atoms with E-state index >= 15 is 0 Å². The number of piperazine rings is 1. The number of rotatable bonds is 4. The molecule has 7 heteroatoms. The first-order chi connectivity index (χ1) is 11.1. The van der Waals surface area contributed by atoms with Gasteiger partial charge in [0.2, 0.25) is 5.91 Å². The summed E-state index contributed by atoms with van der Waals surface area (Å²) >= 11 is 0. The number of amides is 1. The zero-order valence-electron chi connectivity index (χ0n) is 13.0. The molecule has 0 aliphatic carbocycles.